The summed E-state index contributed by atoms with van der Waals surface area (Å²) in [5.74, 6) is 0. The number of hydrogen-bond donors (Lipinski definition) is 0. The summed E-state index contributed by atoms with van der Waals surface area (Å²) < 4.78 is 0. The second-order valence-electron chi connectivity index (χ2n) is 2.65. The molecule has 0 amide bonds. The van der Waals surface area contributed by atoms with Gasteiger partial charge in [0.25, 0.3) is 0 Å². The van der Waals surface area contributed by atoms with Crippen molar-refractivity contribution in [3.63, 3.8) is 0 Å². The molecule has 0 aromatic heterocycles. The average molecular weight is 334 g/mol. The Kier molecular flexibility index (Phi) is 16.0. The Morgan fingerprint density at radius 2 is 1.55 bits per heavy atom. The molecule has 0 radical (unpaired) electrons. The van der Waals surface area contributed by atoms with Gasteiger partial charge in [-0.25, -0.2) is 6.57 Å². The van der Waals surface area contributed by atoms with Gasteiger partial charge in [0.05, 0.1) is 0 Å². The van der Waals surface area contributed by atoms with Crippen molar-refractivity contribution >= 4 is 0 Å². The van der Waals surface area contributed by atoms with Crippen LogP contribution in [0.25, 0.3) is 4.85 Å². The van der Waals surface area contributed by atoms with E-state index in [1.165, 1.54) is 32.1 Å². The van der Waals surface area contributed by atoms with Crippen molar-refractivity contribution in [3.05, 3.63) is 11.4 Å². The summed E-state index contributed by atoms with van der Waals surface area (Å²) in [6, 6.07) is 0. The molecule has 0 atom stereocenters. The summed E-state index contributed by atoms with van der Waals surface area (Å²) in [6.45, 7) is 9.49. The Bertz CT molecular complexity index is 96.2. The van der Waals surface area contributed by atoms with Crippen LogP contribution in [0.1, 0.15) is 45.4 Å². The SMILES string of the molecule is [C-]#[N+]CCCCCCCC.[Pt]. The molecule has 68 valence electrons. The van der Waals surface area contributed by atoms with Gasteiger partial charge in [0.1, 0.15) is 0 Å². The maximum atomic E-state index is 6.54. The van der Waals surface area contributed by atoms with Crippen molar-refractivity contribution in [1.82, 2.24) is 0 Å². The first kappa shape index (κ1) is 13.7. The van der Waals surface area contributed by atoms with E-state index in [9.17, 15) is 0 Å². The molecule has 0 heterocycles. The van der Waals surface area contributed by atoms with Gasteiger partial charge in [-0.2, -0.15) is 0 Å². The third-order valence-electron chi connectivity index (χ3n) is 1.62. The zero-order valence-corrected chi connectivity index (χ0v) is 9.49. The van der Waals surface area contributed by atoms with Crippen LogP contribution in [0.4, 0.5) is 0 Å². The van der Waals surface area contributed by atoms with Crippen molar-refractivity contribution in [2.24, 2.45) is 0 Å². The molecular weight excluding hydrogens is 317 g/mol. The van der Waals surface area contributed by atoms with Crippen LogP contribution in [0.5, 0.6) is 0 Å². The van der Waals surface area contributed by atoms with Crippen LogP contribution in [0, 0.1) is 6.57 Å². The van der Waals surface area contributed by atoms with Gasteiger partial charge in [-0.3, -0.25) is 0 Å². The van der Waals surface area contributed by atoms with Crippen molar-refractivity contribution < 1.29 is 21.1 Å². The van der Waals surface area contributed by atoms with Crippen LogP contribution in [-0.4, -0.2) is 6.54 Å². The van der Waals surface area contributed by atoms with Gasteiger partial charge in [0.2, 0.25) is 6.54 Å². The largest absolute Gasteiger partial charge is 0.317 e. The summed E-state index contributed by atoms with van der Waals surface area (Å²) in [6.07, 6.45) is 7.70. The predicted molar refractivity (Wildman–Crippen MR) is 44.8 cm³/mol. The van der Waals surface area contributed by atoms with E-state index in [2.05, 4.69) is 11.8 Å². The predicted octanol–water partition coefficient (Wildman–Crippen LogP) is 3.26. The van der Waals surface area contributed by atoms with Crippen LogP contribution in [0.2, 0.25) is 0 Å². The van der Waals surface area contributed by atoms with Gasteiger partial charge < -0.3 is 4.85 Å². The van der Waals surface area contributed by atoms with Gasteiger partial charge >= 0.3 is 0 Å². The molecule has 0 unspecified atom stereocenters. The molecule has 0 aliphatic rings. The Hall–Kier alpha value is 0.178. The average Bonchev–Trinajstić information content (AvgIpc) is 1.97. The molecule has 0 bridgehead atoms. The smallest absolute Gasteiger partial charge is 0.214 e. The molecule has 2 heteroatoms. The first-order valence-corrected chi connectivity index (χ1v) is 4.25. The Morgan fingerprint density at radius 3 is 2.09 bits per heavy atom. The summed E-state index contributed by atoms with van der Waals surface area (Å²) in [5, 5.41) is 0. The molecule has 0 aromatic carbocycles. The zero-order chi connectivity index (χ0) is 7.66. The fraction of sp³-hybridized carbons (Fsp3) is 0.889. The van der Waals surface area contributed by atoms with Gasteiger partial charge in [-0.05, 0) is 6.42 Å². The molecular formula is C9H17NPt. The fourth-order valence-electron chi connectivity index (χ4n) is 0.971. The Morgan fingerprint density at radius 1 is 1.00 bits per heavy atom. The van der Waals surface area contributed by atoms with Gasteiger partial charge in [-0.1, -0.05) is 32.6 Å². The third-order valence-corrected chi connectivity index (χ3v) is 1.62. The third kappa shape index (κ3) is 13.2. The van der Waals surface area contributed by atoms with Gasteiger partial charge in [0.15, 0.2) is 0 Å². The van der Waals surface area contributed by atoms with E-state index in [0.717, 1.165) is 13.0 Å². The minimum absolute atomic E-state index is 0. The van der Waals surface area contributed by atoms with Crippen LogP contribution in [0.3, 0.4) is 0 Å². The monoisotopic (exact) mass is 334 g/mol. The minimum atomic E-state index is 0. The van der Waals surface area contributed by atoms with E-state index in [4.69, 9.17) is 6.57 Å². The molecule has 0 aliphatic carbocycles. The van der Waals surface area contributed by atoms with E-state index in [0.29, 0.717) is 0 Å². The Balaban J connectivity index is 0. The van der Waals surface area contributed by atoms with Crippen molar-refractivity contribution in [2.45, 2.75) is 45.4 Å². The molecule has 0 rings (SSSR count). The summed E-state index contributed by atoms with van der Waals surface area (Å²) >= 11 is 0. The molecule has 11 heavy (non-hydrogen) atoms. The molecule has 0 saturated heterocycles. The molecule has 0 saturated carbocycles. The normalized spacial score (nSPS) is 8.36. The standard InChI is InChI=1S/C9H17N.Pt/c1-3-4-5-6-7-8-9-10-2;/h3-9H2,1H3;. The molecule has 0 aromatic rings. The topological polar surface area (TPSA) is 4.36 Å². The molecule has 0 N–H and O–H groups in total. The van der Waals surface area contributed by atoms with Crippen LogP contribution >= 0.6 is 0 Å². The quantitative estimate of drug-likeness (QED) is 0.519. The number of unbranched alkanes of at least 4 members (excludes halogenated alkanes) is 5. The summed E-state index contributed by atoms with van der Waals surface area (Å²) in [5.41, 5.74) is 0. The molecule has 0 aliphatic heterocycles. The summed E-state index contributed by atoms with van der Waals surface area (Å²) in [4.78, 5) is 3.30. The van der Waals surface area contributed by atoms with E-state index < -0.39 is 0 Å². The van der Waals surface area contributed by atoms with Crippen molar-refractivity contribution in [1.29, 1.82) is 0 Å². The molecule has 1 nitrogen and oxygen atoms in total. The first-order chi connectivity index (χ1) is 4.91. The number of nitrogens with zero attached hydrogens (tertiary/aromatic N) is 1. The number of hydrogen-bond acceptors (Lipinski definition) is 0. The second-order valence-corrected chi connectivity index (χ2v) is 2.65. The van der Waals surface area contributed by atoms with Crippen LogP contribution in [-0.2, 0) is 21.1 Å². The maximum absolute atomic E-state index is 6.54. The van der Waals surface area contributed by atoms with Crippen molar-refractivity contribution in [2.75, 3.05) is 6.54 Å². The fourth-order valence-corrected chi connectivity index (χ4v) is 0.971. The summed E-state index contributed by atoms with van der Waals surface area (Å²) in [7, 11) is 0. The van der Waals surface area contributed by atoms with E-state index >= 15 is 0 Å². The first-order valence-electron chi connectivity index (χ1n) is 4.25. The van der Waals surface area contributed by atoms with Crippen LogP contribution in [0.15, 0.2) is 0 Å². The second kappa shape index (κ2) is 12.8. The van der Waals surface area contributed by atoms with E-state index in [1.54, 1.807) is 0 Å². The minimum Gasteiger partial charge on any atom is -0.317 e. The Labute approximate surface area is 84.6 Å². The molecule has 0 fully saturated rings. The zero-order valence-electron chi connectivity index (χ0n) is 7.21. The van der Waals surface area contributed by atoms with Crippen LogP contribution < -0.4 is 0 Å². The van der Waals surface area contributed by atoms with Gasteiger partial charge in [-0.15, -0.1) is 0 Å². The van der Waals surface area contributed by atoms with E-state index in [1.807, 2.05) is 0 Å². The maximum Gasteiger partial charge on any atom is 0.214 e. The van der Waals surface area contributed by atoms with Gasteiger partial charge in [0, 0.05) is 27.5 Å². The van der Waals surface area contributed by atoms with E-state index in [-0.39, 0.29) is 21.1 Å². The number of rotatable bonds is 6. The van der Waals surface area contributed by atoms with Crippen molar-refractivity contribution in [3.8, 4) is 0 Å². The molecule has 0 spiro atoms.